The summed E-state index contributed by atoms with van der Waals surface area (Å²) in [6.45, 7) is 2.47. The largest absolute Gasteiger partial charge is 0.492 e. The van der Waals surface area contributed by atoms with Gasteiger partial charge in [-0.2, -0.15) is 0 Å². The van der Waals surface area contributed by atoms with Gasteiger partial charge < -0.3 is 20.1 Å². The van der Waals surface area contributed by atoms with Gasteiger partial charge in [-0.05, 0) is 25.5 Å². The third kappa shape index (κ3) is 6.40. The lowest BCUT2D eigenvalue weighted by Crippen LogP contribution is -2.40. The van der Waals surface area contributed by atoms with Gasteiger partial charge >= 0.3 is 6.03 Å². The van der Waals surface area contributed by atoms with Crippen molar-refractivity contribution in [1.29, 1.82) is 0 Å². The number of aliphatic hydroxyl groups is 1. The topological polar surface area (TPSA) is 61.8 Å². The van der Waals surface area contributed by atoms with E-state index in [1.807, 2.05) is 0 Å². The zero-order valence-corrected chi connectivity index (χ0v) is 12.1. The Morgan fingerprint density at radius 3 is 2.76 bits per heavy atom. The molecule has 1 rings (SSSR count). The summed E-state index contributed by atoms with van der Waals surface area (Å²) in [5.74, 6) is -1.71. The van der Waals surface area contributed by atoms with E-state index in [2.05, 4.69) is 5.32 Å². The summed E-state index contributed by atoms with van der Waals surface area (Å²) in [7, 11) is 1.62. The Balaban J connectivity index is 2.24. The first-order valence-electron chi connectivity index (χ1n) is 6.65. The molecule has 0 aliphatic rings. The molecule has 21 heavy (non-hydrogen) atoms. The van der Waals surface area contributed by atoms with Crippen LogP contribution < -0.4 is 10.1 Å². The zero-order chi connectivity index (χ0) is 15.8. The van der Waals surface area contributed by atoms with Crippen LogP contribution in [0.3, 0.4) is 0 Å². The highest BCUT2D eigenvalue weighted by Crippen LogP contribution is 2.14. The second-order valence-corrected chi connectivity index (χ2v) is 4.72. The number of urea groups is 1. The number of nitrogens with zero attached hydrogens (tertiary/aromatic N) is 1. The first-order chi connectivity index (χ1) is 9.90. The molecule has 2 N–H and O–H groups in total. The minimum absolute atomic E-state index is 0.140. The highest BCUT2D eigenvalue weighted by molar-refractivity contribution is 5.73. The number of ether oxygens (including phenoxy) is 1. The molecule has 0 aliphatic heterocycles. The molecule has 1 aromatic carbocycles. The normalized spacial score (nSPS) is 11.9. The minimum atomic E-state index is -0.977. The summed E-state index contributed by atoms with van der Waals surface area (Å²) < 4.78 is 30.8. The van der Waals surface area contributed by atoms with Gasteiger partial charge in [-0.1, -0.05) is 0 Å². The number of halogens is 2. The Hall–Kier alpha value is -1.89. The molecule has 1 unspecified atom stereocenters. The fraction of sp³-hybridized carbons (Fsp3) is 0.500. The second kappa shape index (κ2) is 8.41. The molecule has 0 fully saturated rings. The highest BCUT2D eigenvalue weighted by atomic mass is 19.2. The van der Waals surface area contributed by atoms with Crippen LogP contribution in [0.1, 0.15) is 13.3 Å². The predicted octanol–water partition coefficient (Wildman–Crippen LogP) is 1.76. The van der Waals surface area contributed by atoms with Crippen molar-refractivity contribution in [1.82, 2.24) is 10.2 Å². The zero-order valence-electron chi connectivity index (χ0n) is 12.1. The van der Waals surface area contributed by atoms with Crippen LogP contribution in [0.5, 0.6) is 5.75 Å². The van der Waals surface area contributed by atoms with Gasteiger partial charge in [-0.25, -0.2) is 13.6 Å². The quantitative estimate of drug-likeness (QED) is 0.754. The number of carbonyl (C=O) groups excluding carboxylic acids is 1. The molecule has 7 heteroatoms. The summed E-state index contributed by atoms with van der Waals surface area (Å²) in [6.07, 6.45) is 0.0342. The summed E-state index contributed by atoms with van der Waals surface area (Å²) in [5.41, 5.74) is 0. The van der Waals surface area contributed by atoms with Crippen LogP contribution in [0.4, 0.5) is 13.6 Å². The number of carbonyl (C=O) groups is 1. The van der Waals surface area contributed by atoms with Crippen molar-refractivity contribution in [3.05, 3.63) is 29.8 Å². The van der Waals surface area contributed by atoms with Gasteiger partial charge in [-0.15, -0.1) is 0 Å². The Labute approximate surface area is 122 Å². The molecule has 5 nitrogen and oxygen atoms in total. The fourth-order valence-corrected chi connectivity index (χ4v) is 1.51. The van der Waals surface area contributed by atoms with Crippen molar-refractivity contribution in [3.63, 3.8) is 0 Å². The third-order valence-corrected chi connectivity index (χ3v) is 2.77. The van der Waals surface area contributed by atoms with Crippen LogP contribution in [0.25, 0.3) is 0 Å². The van der Waals surface area contributed by atoms with Gasteiger partial charge in [0.1, 0.15) is 12.4 Å². The van der Waals surface area contributed by atoms with Crippen molar-refractivity contribution in [2.45, 2.75) is 19.4 Å². The molecule has 0 radical (unpaired) electrons. The number of benzene rings is 1. The van der Waals surface area contributed by atoms with E-state index in [0.29, 0.717) is 13.0 Å². The molecule has 0 aliphatic carbocycles. The van der Waals surface area contributed by atoms with E-state index in [1.54, 1.807) is 14.0 Å². The van der Waals surface area contributed by atoms with Gasteiger partial charge in [0.05, 0.1) is 12.6 Å². The Kier molecular flexibility index (Phi) is 6.87. The van der Waals surface area contributed by atoms with Crippen LogP contribution in [0, 0.1) is 11.6 Å². The number of rotatable bonds is 7. The molecular formula is C14H20F2N2O3. The van der Waals surface area contributed by atoms with E-state index in [1.165, 1.54) is 11.0 Å². The molecular weight excluding hydrogens is 282 g/mol. The number of nitrogens with one attached hydrogen (secondary N) is 1. The van der Waals surface area contributed by atoms with Crippen molar-refractivity contribution in [2.24, 2.45) is 0 Å². The first kappa shape index (κ1) is 17.2. The molecule has 2 amide bonds. The van der Waals surface area contributed by atoms with Crippen LogP contribution >= 0.6 is 0 Å². The lowest BCUT2D eigenvalue weighted by molar-refractivity contribution is 0.162. The Bertz CT molecular complexity index is 470. The summed E-state index contributed by atoms with van der Waals surface area (Å²) in [4.78, 5) is 13.1. The average molecular weight is 302 g/mol. The first-order valence-corrected chi connectivity index (χ1v) is 6.65. The van der Waals surface area contributed by atoms with E-state index >= 15 is 0 Å². The molecule has 0 saturated carbocycles. The maximum absolute atomic E-state index is 12.9. The maximum Gasteiger partial charge on any atom is 0.317 e. The molecule has 1 atom stereocenters. The number of aliphatic hydroxyl groups excluding tert-OH is 1. The fourth-order valence-electron chi connectivity index (χ4n) is 1.51. The lowest BCUT2D eigenvalue weighted by Gasteiger charge is -2.18. The Morgan fingerprint density at radius 2 is 2.14 bits per heavy atom. The van der Waals surface area contributed by atoms with E-state index in [0.717, 1.165) is 12.1 Å². The van der Waals surface area contributed by atoms with Gasteiger partial charge in [0.25, 0.3) is 0 Å². The van der Waals surface area contributed by atoms with Crippen LogP contribution in [-0.4, -0.2) is 48.9 Å². The summed E-state index contributed by atoms with van der Waals surface area (Å²) in [6, 6.07) is 2.96. The van der Waals surface area contributed by atoms with Gasteiger partial charge in [0.15, 0.2) is 11.6 Å². The molecule has 118 valence electrons. The lowest BCUT2D eigenvalue weighted by atomic mass is 10.3. The van der Waals surface area contributed by atoms with Crippen LogP contribution in [0.2, 0.25) is 0 Å². The van der Waals surface area contributed by atoms with Gasteiger partial charge in [-0.3, -0.25) is 0 Å². The summed E-state index contributed by atoms with van der Waals surface area (Å²) in [5, 5.41) is 11.7. The van der Waals surface area contributed by atoms with Crippen molar-refractivity contribution < 1.29 is 23.4 Å². The van der Waals surface area contributed by atoms with Gasteiger partial charge in [0, 0.05) is 19.7 Å². The smallest absolute Gasteiger partial charge is 0.317 e. The average Bonchev–Trinajstić information content (AvgIpc) is 2.44. The van der Waals surface area contributed by atoms with Gasteiger partial charge in [0.2, 0.25) is 0 Å². The SMILES string of the molecule is CC(O)CCN(C)C(=O)NCCOc1ccc(F)c(F)c1. The standard InChI is InChI=1S/C14H20F2N2O3/c1-10(19)5-7-18(2)14(20)17-6-8-21-11-3-4-12(15)13(16)9-11/h3-4,9-10,19H,5-8H2,1-2H3,(H,17,20). The minimum Gasteiger partial charge on any atom is -0.492 e. The Morgan fingerprint density at radius 1 is 1.43 bits per heavy atom. The highest BCUT2D eigenvalue weighted by Gasteiger charge is 2.09. The van der Waals surface area contributed by atoms with E-state index in [-0.39, 0.29) is 24.9 Å². The van der Waals surface area contributed by atoms with E-state index in [4.69, 9.17) is 9.84 Å². The van der Waals surface area contributed by atoms with Crippen LogP contribution in [-0.2, 0) is 0 Å². The summed E-state index contributed by atoms with van der Waals surface area (Å²) >= 11 is 0. The van der Waals surface area contributed by atoms with Crippen LogP contribution in [0.15, 0.2) is 18.2 Å². The molecule has 0 aromatic heterocycles. The number of amides is 2. The molecule has 0 heterocycles. The van der Waals surface area contributed by atoms with E-state index < -0.39 is 17.7 Å². The third-order valence-electron chi connectivity index (χ3n) is 2.77. The molecule has 1 aromatic rings. The van der Waals surface area contributed by atoms with Crippen molar-refractivity contribution in [2.75, 3.05) is 26.7 Å². The maximum atomic E-state index is 12.9. The van der Waals surface area contributed by atoms with Crippen molar-refractivity contribution >= 4 is 6.03 Å². The second-order valence-electron chi connectivity index (χ2n) is 4.72. The molecule has 0 spiro atoms. The molecule has 0 saturated heterocycles. The van der Waals surface area contributed by atoms with Crippen molar-refractivity contribution in [3.8, 4) is 5.75 Å². The molecule has 0 bridgehead atoms. The number of hydrogen-bond acceptors (Lipinski definition) is 3. The number of hydrogen-bond donors (Lipinski definition) is 2. The predicted molar refractivity (Wildman–Crippen MR) is 74.2 cm³/mol. The monoisotopic (exact) mass is 302 g/mol. The van der Waals surface area contributed by atoms with E-state index in [9.17, 15) is 13.6 Å².